The van der Waals surface area contributed by atoms with Crippen LogP contribution < -0.4 is 0 Å². The second kappa shape index (κ2) is 6.59. The molecule has 3 aromatic carbocycles. The molecule has 0 amide bonds. The molecule has 0 aliphatic rings. The van der Waals surface area contributed by atoms with E-state index >= 15 is 0 Å². The van der Waals surface area contributed by atoms with Gasteiger partial charge in [0.15, 0.2) is 5.78 Å². The Hall–Kier alpha value is -1.71. The lowest BCUT2D eigenvalue weighted by atomic mass is 9.99. The Morgan fingerprint density at radius 3 is 1.32 bits per heavy atom. The van der Waals surface area contributed by atoms with Crippen LogP contribution in [-0.2, 0) is 0 Å². The van der Waals surface area contributed by atoms with Crippen LogP contribution in [0.5, 0.6) is 0 Å². The molecular formula is C19H12Br2O. The highest BCUT2D eigenvalue weighted by Crippen LogP contribution is 2.23. The third-order valence-corrected chi connectivity index (χ3v) is 4.49. The van der Waals surface area contributed by atoms with Crippen molar-refractivity contribution in [1.82, 2.24) is 0 Å². The van der Waals surface area contributed by atoms with Gasteiger partial charge in [0, 0.05) is 20.1 Å². The molecule has 0 aromatic heterocycles. The number of halogens is 2. The van der Waals surface area contributed by atoms with Gasteiger partial charge in [0.1, 0.15) is 0 Å². The third-order valence-electron chi connectivity index (χ3n) is 3.43. The second-order valence-corrected chi connectivity index (χ2v) is 6.75. The highest BCUT2D eigenvalue weighted by Gasteiger charge is 2.09. The smallest absolute Gasteiger partial charge is 0.193 e. The fraction of sp³-hybridized carbons (Fsp3) is 0. The molecule has 3 heteroatoms. The zero-order valence-corrected chi connectivity index (χ0v) is 14.8. The molecule has 0 aliphatic carbocycles. The summed E-state index contributed by atoms with van der Waals surface area (Å²) in [5, 5.41) is 0. The van der Waals surface area contributed by atoms with Crippen LogP contribution in [0.25, 0.3) is 11.1 Å². The molecule has 0 saturated carbocycles. The monoisotopic (exact) mass is 414 g/mol. The number of rotatable bonds is 3. The minimum Gasteiger partial charge on any atom is -0.289 e. The van der Waals surface area contributed by atoms with Crippen LogP contribution >= 0.6 is 31.9 Å². The molecule has 0 fully saturated rings. The molecule has 0 unspecified atom stereocenters. The predicted octanol–water partition coefficient (Wildman–Crippen LogP) is 6.11. The van der Waals surface area contributed by atoms with E-state index in [9.17, 15) is 4.79 Å². The summed E-state index contributed by atoms with van der Waals surface area (Å²) < 4.78 is 2.02. The van der Waals surface area contributed by atoms with Gasteiger partial charge in [-0.1, -0.05) is 68.3 Å². The first-order valence-corrected chi connectivity index (χ1v) is 8.38. The highest BCUT2D eigenvalue weighted by molar-refractivity contribution is 9.10. The molecule has 1 nitrogen and oxygen atoms in total. The summed E-state index contributed by atoms with van der Waals surface area (Å²) in [5.74, 6) is 0.0369. The molecule has 3 aromatic rings. The molecule has 0 radical (unpaired) electrons. The van der Waals surface area contributed by atoms with E-state index in [4.69, 9.17) is 0 Å². The third kappa shape index (κ3) is 3.37. The first-order chi connectivity index (χ1) is 10.6. The van der Waals surface area contributed by atoms with Crippen molar-refractivity contribution in [2.24, 2.45) is 0 Å². The van der Waals surface area contributed by atoms with E-state index in [2.05, 4.69) is 44.0 Å². The van der Waals surface area contributed by atoms with Gasteiger partial charge >= 0.3 is 0 Å². The van der Waals surface area contributed by atoms with E-state index in [0.717, 1.165) is 20.1 Å². The van der Waals surface area contributed by atoms with Gasteiger partial charge in [-0.15, -0.1) is 0 Å². The average molecular weight is 416 g/mol. The van der Waals surface area contributed by atoms with Gasteiger partial charge in [0.2, 0.25) is 0 Å². The topological polar surface area (TPSA) is 17.1 Å². The summed E-state index contributed by atoms with van der Waals surface area (Å²) >= 11 is 6.81. The summed E-state index contributed by atoms with van der Waals surface area (Å²) in [6, 6.07) is 23.3. The Bertz CT molecular complexity index is 788. The Balaban J connectivity index is 1.86. The summed E-state index contributed by atoms with van der Waals surface area (Å²) in [5.41, 5.74) is 3.62. The van der Waals surface area contributed by atoms with Crippen molar-refractivity contribution in [1.29, 1.82) is 0 Å². The van der Waals surface area contributed by atoms with Gasteiger partial charge in [-0.3, -0.25) is 4.79 Å². The zero-order chi connectivity index (χ0) is 15.5. The van der Waals surface area contributed by atoms with Crippen LogP contribution in [0.15, 0.2) is 81.7 Å². The SMILES string of the molecule is O=C(c1ccc(Br)cc1)c1ccc(-c2ccc(Br)cc2)cc1. The van der Waals surface area contributed by atoms with Crippen molar-refractivity contribution < 1.29 is 4.79 Å². The predicted molar refractivity (Wildman–Crippen MR) is 97.2 cm³/mol. The normalized spacial score (nSPS) is 10.5. The Kier molecular flexibility index (Phi) is 4.55. The van der Waals surface area contributed by atoms with Crippen LogP contribution in [0, 0.1) is 0 Å². The van der Waals surface area contributed by atoms with Crippen LogP contribution in [0.4, 0.5) is 0 Å². The van der Waals surface area contributed by atoms with Gasteiger partial charge in [-0.05, 0) is 47.5 Å². The molecule has 22 heavy (non-hydrogen) atoms. The van der Waals surface area contributed by atoms with Crippen LogP contribution in [0.3, 0.4) is 0 Å². The number of hydrogen-bond acceptors (Lipinski definition) is 1. The van der Waals surface area contributed by atoms with Gasteiger partial charge in [-0.25, -0.2) is 0 Å². The Labute approximate surface area is 146 Å². The maximum absolute atomic E-state index is 12.4. The van der Waals surface area contributed by atoms with Crippen molar-refractivity contribution >= 4 is 37.6 Å². The molecule has 0 aliphatic heterocycles. The average Bonchev–Trinajstić information content (AvgIpc) is 2.56. The van der Waals surface area contributed by atoms with E-state index in [1.807, 2.05) is 60.7 Å². The molecule has 108 valence electrons. The van der Waals surface area contributed by atoms with Gasteiger partial charge in [0.25, 0.3) is 0 Å². The van der Waals surface area contributed by atoms with Crippen molar-refractivity contribution in [3.05, 3.63) is 92.9 Å². The maximum atomic E-state index is 12.4. The van der Waals surface area contributed by atoms with Gasteiger partial charge < -0.3 is 0 Å². The minimum atomic E-state index is 0.0369. The van der Waals surface area contributed by atoms with E-state index in [-0.39, 0.29) is 5.78 Å². The zero-order valence-electron chi connectivity index (χ0n) is 11.6. The van der Waals surface area contributed by atoms with Gasteiger partial charge in [-0.2, -0.15) is 0 Å². The molecule has 0 bridgehead atoms. The molecule has 3 rings (SSSR count). The summed E-state index contributed by atoms with van der Waals surface area (Å²) in [7, 11) is 0. The number of benzene rings is 3. The van der Waals surface area contributed by atoms with E-state index < -0.39 is 0 Å². The number of hydrogen-bond donors (Lipinski definition) is 0. The lowest BCUT2D eigenvalue weighted by Gasteiger charge is -2.05. The van der Waals surface area contributed by atoms with Crippen molar-refractivity contribution in [2.75, 3.05) is 0 Å². The largest absolute Gasteiger partial charge is 0.289 e. The molecule has 0 spiro atoms. The molecule has 0 saturated heterocycles. The summed E-state index contributed by atoms with van der Waals surface area (Å²) in [4.78, 5) is 12.4. The first kappa shape index (κ1) is 15.2. The fourth-order valence-corrected chi connectivity index (χ4v) is 2.75. The fourth-order valence-electron chi connectivity index (χ4n) is 2.22. The summed E-state index contributed by atoms with van der Waals surface area (Å²) in [6.45, 7) is 0. The second-order valence-electron chi connectivity index (χ2n) is 4.92. The first-order valence-electron chi connectivity index (χ1n) is 6.80. The van der Waals surface area contributed by atoms with Crippen LogP contribution in [0.2, 0.25) is 0 Å². The standard InChI is InChI=1S/C19H12Br2O/c20-17-9-5-14(6-10-17)13-1-3-15(4-2-13)19(22)16-7-11-18(21)12-8-16/h1-12H. The Morgan fingerprint density at radius 2 is 0.864 bits per heavy atom. The maximum Gasteiger partial charge on any atom is 0.193 e. The van der Waals surface area contributed by atoms with Crippen molar-refractivity contribution in [2.45, 2.75) is 0 Å². The van der Waals surface area contributed by atoms with E-state index in [1.54, 1.807) is 0 Å². The number of ketones is 1. The minimum absolute atomic E-state index is 0.0369. The molecule has 0 heterocycles. The number of carbonyl (C=O) groups is 1. The lowest BCUT2D eigenvalue weighted by Crippen LogP contribution is -2.00. The van der Waals surface area contributed by atoms with Crippen molar-refractivity contribution in [3.8, 4) is 11.1 Å². The van der Waals surface area contributed by atoms with E-state index in [1.165, 1.54) is 0 Å². The van der Waals surface area contributed by atoms with Crippen LogP contribution in [0.1, 0.15) is 15.9 Å². The molecule has 0 N–H and O–H groups in total. The molecular weight excluding hydrogens is 404 g/mol. The Morgan fingerprint density at radius 1 is 0.545 bits per heavy atom. The quantitative estimate of drug-likeness (QED) is 0.471. The van der Waals surface area contributed by atoms with E-state index in [0.29, 0.717) is 11.1 Å². The van der Waals surface area contributed by atoms with Gasteiger partial charge in [0.05, 0.1) is 0 Å². The van der Waals surface area contributed by atoms with Crippen molar-refractivity contribution in [3.63, 3.8) is 0 Å². The van der Waals surface area contributed by atoms with Crippen LogP contribution in [-0.4, -0.2) is 5.78 Å². The lowest BCUT2D eigenvalue weighted by molar-refractivity contribution is 0.103. The molecule has 0 atom stereocenters. The number of carbonyl (C=O) groups excluding carboxylic acids is 1. The highest BCUT2D eigenvalue weighted by atomic mass is 79.9. The summed E-state index contributed by atoms with van der Waals surface area (Å²) in [6.07, 6.45) is 0.